The van der Waals surface area contributed by atoms with Crippen molar-refractivity contribution in [2.75, 3.05) is 46.1 Å². The number of amides is 1. The maximum atomic E-state index is 12.1. The average molecular weight is 282 g/mol. The van der Waals surface area contributed by atoms with E-state index in [4.69, 9.17) is 9.47 Å². The Morgan fingerprint density at radius 1 is 1.35 bits per heavy atom. The van der Waals surface area contributed by atoms with Gasteiger partial charge in [-0.05, 0) is 13.3 Å². The van der Waals surface area contributed by atoms with E-state index >= 15 is 0 Å². The number of rotatable bonds is 5. The second-order valence-electron chi connectivity index (χ2n) is 6.10. The molecule has 2 rings (SSSR count). The molecule has 2 aliphatic rings. The molecule has 1 atom stereocenters. The topological polar surface area (TPSA) is 50.8 Å². The van der Waals surface area contributed by atoms with Crippen LogP contribution in [0.5, 0.6) is 0 Å². The molecule has 5 nitrogen and oxygen atoms in total. The lowest BCUT2D eigenvalue weighted by molar-refractivity contribution is -0.145. The lowest BCUT2D eigenvalue weighted by Gasteiger charge is -2.49. The van der Waals surface area contributed by atoms with Gasteiger partial charge in [0.25, 0.3) is 0 Å². The molecule has 0 aromatic heterocycles. The zero-order valence-electron chi connectivity index (χ0n) is 12.6. The minimum absolute atomic E-state index is 0.0358. The van der Waals surface area contributed by atoms with Crippen molar-refractivity contribution in [2.24, 2.45) is 5.92 Å². The fraction of sp³-hybridized carbons (Fsp3) is 0.800. The van der Waals surface area contributed by atoms with Gasteiger partial charge in [-0.25, -0.2) is 0 Å². The molecule has 20 heavy (non-hydrogen) atoms. The molecule has 114 valence electrons. The van der Waals surface area contributed by atoms with E-state index in [1.807, 2.05) is 13.8 Å². The zero-order chi connectivity index (χ0) is 14.6. The quantitative estimate of drug-likeness (QED) is 0.758. The van der Waals surface area contributed by atoms with Crippen LogP contribution in [0.4, 0.5) is 0 Å². The first-order valence-corrected chi connectivity index (χ1v) is 7.36. The molecule has 2 saturated heterocycles. The molecule has 2 heterocycles. The van der Waals surface area contributed by atoms with Gasteiger partial charge >= 0.3 is 0 Å². The number of allylic oxidation sites excluding steroid dienone is 1. The molecule has 2 aliphatic heterocycles. The summed E-state index contributed by atoms with van der Waals surface area (Å²) in [6, 6.07) is 0. The standard InChI is InChI=1S/C15H26N2O3/c1-12(2)8-13(3)14(18)16-9-15-10-19-6-4-17(15)5-7-20-11-15/h13H,1,4-11H2,2-3H3,(H,16,18)/t13-/m0/s1. The molecule has 0 saturated carbocycles. The third-order valence-corrected chi connectivity index (χ3v) is 4.12. The van der Waals surface area contributed by atoms with Crippen LogP contribution in [0.3, 0.4) is 0 Å². The summed E-state index contributed by atoms with van der Waals surface area (Å²) < 4.78 is 11.2. The second kappa shape index (κ2) is 6.70. The van der Waals surface area contributed by atoms with E-state index in [-0.39, 0.29) is 17.4 Å². The number of nitrogens with one attached hydrogen (secondary N) is 1. The number of hydrogen-bond donors (Lipinski definition) is 1. The summed E-state index contributed by atoms with van der Waals surface area (Å²) in [4.78, 5) is 14.5. The highest BCUT2D eigenvalue weighted by Gasteiger charge is 2.42. The van der Waals surface area contributed by atoms with Gasteiger partial charge in [-0.15, -0.1) is 6.58 Å². The minimum atomic E-state index is -0.185. The van der Waals surface area contributed by atoms with Gasteiger partial charge in [-0.3, -0.25) is 9.69 Å². The van der Waals surface area contributed by atoms with E-state index in [1.165, 1.54) is 0 Å². The van der Waals surface area contributed by atoms with Crippen molar-refractivity contribution >= 4 is 5.91 Å². The number of hydrogen-bond acceptors (Lipinski definition) is 4. The van der Waals surface area contributed by atoms with Crippen LogP contribution < -0.4 is 5.32 Å². The fourth-order valence-electron chi connectivity index (χ4n) is 2.94. The lowest BCUT2D eigenvalue weighted by atomic mass is 9.95. The van der Waals surface area contributed by atoms with Crippen molar-refractivity contribution in [2.45, 2.75) is 25.8 Å². The summed E-state index contributed by atoms with van der Waals surface area (Å²) in [6.45, 7) is 13.0. The number of nitrogens with zero attached hydrogens (tertiary/aromatic N) is 1. The summed E-state index contributed by atoms with van der Waals surface area (Å²) in [5.74, 6) is 0.0461. The van der Waals surface area contributed by atoms with Gasteiger partial charge in [-0.1, -0.05) is 12.5 Å². The third kappa shape index (κ3) is 3.59. The van der Waals surface area contributed by atoms with Gasteiger partial charge in [0.1, 0.15) is 0 Å². The first kappa shape index (κ1) is 15.5. The molecule has 5 heteroatoms. The number of carbonyl (C=O) groups is 1. The van der Waals surface area contributed by atoms with Crippen LogP contribution in [0, 0.1) is 5.92 Å². The molecule has 1 N–H and O–H groups in total. The van der Waals surface area contributed by atoms with Crippen LogP contribution in [0.15, 0.2) is 12.2 Å². The van der Waals surface area contributed by atoms with Gasteiger partial charge in [0, 0.05) is 25.6 Å². The molecule has 0 radical (unpaired) electrons. The Bertz CT molecular complexity index is 358. The highest BCUT2D eigenvalue weighted by atomic mass is 16.5. The van der Waals surface area contributed by atoms with Gasteiger partial charge < -0.3 is 14.8 Å². The van der Waals surface area contributed by atoms with Crippen molar-refractivity contribution in [3.05, 3.63) is 12.2 Å². The van der Waals surface area contributed by atoms with Gasteiger partial charge in [0.05, 0.1) is 32.0 Å². The highest BCUT2D eigenvalue weighted by molar-refractivity contribution is 5.78. The molecular formula is C15H26N2O3. The van der Waals surface area contributed by atoms with Gasteiger partial charge in [0.15, 0.2) is 0 Å². The monoisotopic (exact) mass is 282 g/mol. The molecule has 0 aromatic rings. The zero-order valence-corrected chi connectivity index (χ0v) is 12.6. The fourth-order valence-corrected chi connectivity index (χ4v) is 2.94. The van der Waals surface area contributed by atoms with Crippen LogP contribution in [0.25, 0.3) is 0 Å². The number of ether oxygens (including phenoxy) is 2. The molecule has 0 spiro atoms. The highest BCUT2D eigenvalue weighted by Crippen LogP contribution is 2.23. The Labute approximate surface area is 121 Å². The molecular weight excluding hydrogens is 256 g/mol. The van der Waals surface area contributed by atoms with E-state index < -0.39 is 0 Å². The molecule has 1 amide bonds. The Morgan fingerprint density at radius 3 is 2.50 bits per heavy atom. The predicted octanol–water partition coefficient (Wildman–Crippen LogP) is 0.806. The molecule has 0 bridgehead atoms. The Morgan fingerprint density at radius 2 is 1.95 bits per heavy atom. The Balaban J connectivity index is 1.90. The SMILES string of the molecule is C=C(C)C[C@H](C)C(=O)NCC12COCCN1CCOC2. The van der Waals surface area contributed by atoms with Crippen LogP contribution in [0.2, 0.25) is 0 Å². The molecule has 0 aromatic carbocycles. The predicted molar refractivity (Wildman–Crippen MR) is 77.5 cm³/mol. The van der Waals surface area contributed by atoms with E-state index in [9.17, 15) is 4.79 Å². The van der Waals surface area contributed by atoms with Crippen molar-refractivity contribution in [1.82, 2.24) is 10.2 Å². The van der Waals surface area contributed by atoms with Crippen molar-refractivity contribution in [1.29, 1.82) is 0 Å². The Kier molecular flexibility index (Phi) is 5.18. The van der Waals surface area contributed by atoms with Crippen molar-refractivity contribution < 1.29 is 14.3 Å². The van der Waals surface area contributed by atoms with E-state index in [1.54, 1.807) is 0 Å². The summed E-state index contributed by atoms with van der Waals surface area (Å²) in [7, 11) is 0. The normalized spacial score (nSPS) is 23.7. The Hall–Kier alpha value is -0.910. The summed E-state index contributed by atoms with van der Waals surface area (Å²) in [6.07, 6.45) is 0.732. The third-order valence-electron chi connectivity index (χ3n) is 4.12. The van der Waals surface area contributed by atoms with Crippen LogP contribution >= 0.6 is 0 Å². The van der Waals surface area contributed by atoms with Crippen LogP contribution in [-0.4, -0.2) is 62.4 Å². The van der Waals surface area contributed by atoms with Crippen LogP contribution in [0.1, 0.15) is 20.3 Å². The lowest BCUT2D eigenvalue weighted by Crippen LogP contribution is -2.67. The van der Waals surface area contributed by atoms with Gasteiger partial charge in [-0.2, -0.15) is 0 Å². The first-order valence-electron chi connectivity index (χ1n) is 7.36. The number of fused-ring (bicyclic) bond motifs is 1. The molecule has 2 fully saturated rings. The van der Waals surface area contributed by atoms with E-state index in [2.05, 4.69) is 16.8 Å². The van der Waals surface area contributed by atoms with Crippen molar-refractivity contribution in [3.8, 4) is 0 Å². The van der Waals surface area contributed by atoms with Crippen LogP contribution in [-0.2, 0) is 14.3 Å². The minimum Gasteiger partial charge on any atom is -0.378 e. The summed E-state index contributed by atoms with van der Waals surface area (Å²) in [5.41, 5.74) is 0.851. The van der Waals surface area contributed by atoms with E-state index in [0.717, 1.165) is 38.3 Å². The maximum absolute atomic E-state index is 12.1. The number of carbonyl (C=O) groups excluding carboxylic acids is 1. The number of morpholine rings is 2. The van der Waals surface area contributed by atoms with E-state index in [0.29, 0.717) is 19.8 Å². The summed E-state index contributed by atoms with van der Waals surface area (Å²) >= 11 is 0. The smallest absolute Gasteiger partial charge is 0.223 e. The summed E-state index contributed by atoms with van der Waals surface area (Å²) in [5, 5.41) is 3.07. The average Bonchev–Trinajstić information content (AvgIpc) is 2.44. The molecule has 0 unspecified atom stereocenters. The molecule has 0 aliphatic carbocycles. The first-order chi connectivity index (χ1) is 9.53. The maximum Gasteiger partial charge on any atom is 0.223 e. The largest absolute Gasteiger partial charge is 0.378 e. The second-order valence-corrected chi connectivity index (χ2v) is 6.10. The van der Waals surface area contributed by atoms with Gasteiger partial charge in [0.2, 0.25) is 5.91 Å². The van der Waals surface area contributed by atoms with Crippen molar-refractivity contribution in [3.63, 3.8) is 0 Å².